The minimum atomic E-state index is -5.07. The Labute approximate surface area is 181 Å². The number of carbonyl (C=O) groups is 1. The summed E-state index contributed by atoms with van der Waals surface area (Å²) in [6, 6.07) is 6.09. The van der Waals surface area contributed by atoms with Crippen molar-refractivity contribution < 1.29 is 41.9 Å². The van der Waals surface area contributed by atoms with Gasteiger partial charge in [0.1, 0.15) is 22.5 Å². The van der Waals surface area contributed by atoms with Gasteiger partial charge in [-0.25, -0.2) is 4.39 Å². The maximum atomic E-state index is 13.9. The molecule has 1 heterocycles. The molecule has 3 aromatic rings. The van der Waals surface area contributed by atoms with Gasteiger partial charge in [0.15, 0.2) is 11.6 Å². The summed E-state index contributed by atoms with van der Waals surface area (Å²) in [4.78, 5) is 13.2. The Morgan fingerprint density at radius 1 is 1.10 bits per heavy atom. The number of ether oxygens (including phenoxy) is 2. The van der Waals surface area contributed by atoms with Gasteiger partial charge in [-0.2, -0.15) is 0 Å². The number of hydrogen-bond acceptors (Lipinski definition) is 5. The average Bonchev–Trinajstić information content (AvgIpc) is 2.67. The second-order valence-electron chi connectivity index (χ2n) is 5.79. The fourth-order valence-corrected chi connectivity index (χ4v) is 2.61. The number of nitrogens with zero attached hydrogens (tertiary/aromatic N) is 2. The van der Waals surface area contributed by atoms with Crippen LogP contribution in [-0.2, 0) is 0 Å². The summed E-state index contributed by atoms with van der Waals surface area (Å²) in [5.74, 6) is -3.50. The lowest BCUT2D eigenvalue weighted by atomic mass is 10.1. The zero-order valence-corrected chi connectivity index (χ0v) is 16.5. The van der Waals surface area contributed by atoms with Gasteiger partial charge in [0, 0.05) is 23.3 Å². The van der Waals surface area contributed by atoms with E-state index in [0.29, 0.717) is 10.9 Å². The van der Waals surface area contributed by atoms with Crippen molar-refractivity contribution in [3.8, 4) is 17.2 Å². The number of nitrogens with one attached hydrogen (secondary N) is 1. The molecule has 13 heteroatoms. The van der Waals surface area contributed by atoms with Crippen LogP contribution < -0.4 is 19.6 Å². The zero-order chi connectivity index (χ0) is 22.8. The molecule has 0 aliphatic rings. The molecule has 0 aliphatic heterocycles. The van der Waals surface area contributed by atoms with E-state index in [1.807, 2.05) is 0 Å². The van der Waals surface area contributed by atoms with Crippen LogP contribution in [0.4, 0.5) is 23.2 Å². The second-order valence-corrected chi connectivity index (χ2v) is 6.61. The molecule has 0 atom stereocenters. The highest BCUT2D eigenvalue weighted by Crippen LogP contribution is 2.35. The Bertz CT molecular complexity index is 1130. The largest absolute Gasteiger partial charge is 0.573 e. The van der Waals surface area contributed by atoms with E-state index in [2.05, 4.69) is 15.2 Å². The lowest BCUT2D eigenvalue weighted by Gasteiger charge is -2.14. The van der Waals surface area contributed by atoms with E-state index >= 15 is 0 Å². The van der Waals surface area contributed by atoms with Crippen molar-refractivity contribution in [1.29, 1.82) is 0 Å². The SMILES string of the molecule is O=C(Nc1cc[n+](O)nc1)c1cc(Cl)c(Cl)cc1Oc1ccc(OC(F)(F)F)c(F)c1. The van der Waals surface area contributed by atoms with Gasteiger partial charge < -0.3 is 14.8 Å². The van der Waals surface area contributed by atoms with Crippen molar-refractivity contribution in [1.82, 2.24) is 5.10 Å². The van der Waals surface area contributed by atoms with Gasteiger partial charge in [-0.3, -0.25) is 10.0 Å². The van der Waals surface area contributed by atoms with Gasteiger partial charge in [-0.1, -0.05) is 23.2 Å². The molecule has 0 radical (unpaired) electrons. The highest BCUT2D eigenvalue weighted by atomic mass is 35.5. The highest BCUT2D eigenvalue weighted by Gasteiger charge is 2.32. The molecule has 0 saturated heterocycles. The maximum Gasteiger partial charge on any atom is 0.573 e. The lowest BCUT2D eigenvalue weighted by Crippen LogP contribution is -2.33. The van der Waals surface area contributed by atoms with E-state index in [-0.39, 0.29) is 32.8 Å². The van der Waals surface area contributed by atoms with Crippen LogP contribution in [0.25, 0.3) is 0 Å². The predicted molar refractivity (Wildman–Crippen MR) is 99.2 cm³/mol. The maximum absolute atomic E-state index is 13.9. The summed E-state index contributed by atoms with van der Waals surface area (Å²) in [7, 11) is 0. The molecule has 2 N–H and O–H groups in total. The van der Waals surface area contributed by atoms with Crippen molar-refractivity contribution in [2.24, 2.45) is 0 Å². The van der Waals surface area contributed by atoms with Crippen molar-refractivity contribution in [2.75, 3.05) is 5.32 Å². The van der Waals surface area contributed by atoms with E-state index in [4.69, 9.17) is 33.1 Å². The summed E-state index contributed by atoms with van der Waals surface area (Å²) in [6.45, 7) is 0. The standard InChI is InChI=1S/C18H9Cl2F4N3O4/c19-12-6-11(17(28)26-9-3-4-27(29)25-8-9)16(7-13(12)20)30-10-1-2-15(14(21)5-10)31-18(22,23)24/h1-8,29H/p+1. The average molecular weight is 479 g/mol. The van der Waals surface area contributed by atoms with Crippen LogP contribution >= 0.6 is 23.2 Å². The number of carbonyl (C=O) groups excluding carboxylic acids is 1. The fourth-order valence-electron chi connectivity index (χ4n) is 2.29. The van der Waals surface area contributed by atoms with Gasteiger partial charge in [0.2, 0.25) is 0 Å². The molecule has 7 nitrogen and oxygen atoms in total. The topological polar surface area (TPSA) is 84.6 Å². The summed E-state index contributed by atoms with van der Waals surface area (Å²) in [5, 5.41) is 15.2. The third-order valence-corrected chi connectivity index (χ3v) is 4.31. The summed E-state index contributed by atoms with van der Waals surface area (Å²) in [6.07, 6.45) is -2.75. The minimum absolute atomic E-state index is 0.00779. The number of alkyl halides is 3. The molecular formula is C18H10Cl2F4N3O4+. The Morgan fingerprint density at radius 3 is 2.42 bits per heavy atom. The molecule has 0 spiro atoms. The molecule has 2 aromatic carbocycles. The Kier molecular flexibility index (Phi) is 6.37. The molecule has 0 saturated carbocycles. The number of amides is 1. The van der Waals surface area contributed by atoms with E-state index in [0.717, 1.165) is 24.5 Å². The smallest absolute Gasteiger partial charge is 0.456 e. The van der Waals surface area contributed by atoms with Crippen LogP contribution in [0.2, 0.25) is 10.0 Å². The molecule has 3 rings (SSSR count). The van der Waals surface area contributed by atoms with Gasteiger partial charge in [0.05, 0.1) is 21.3 Å². The number of benzene rings is 2. The van der Waals surface area contributed by atoms with Crippen molar-refractivity contribution in [3.63, 3.8) is 0 Å². The third-order valence-electron chi connectivity index (χ3n) is 3.58. The molecule has 0 unspecified atom stereocenters. The minimum Gasteiger partial charge on any atom is -0.456 e. The van der Waals surface area contributed by atoms with Crippen LogP contribution in [0.1, 0.15) is 10.4 Å². The normalized spacial score (nSPS) is 11.2. The third kappa shape index (κ3) is 5.86. The van der Waals surface area contributed by atoms with E-state index in [1.165, 1.54) is 18.2 Å². The van der Waals surface area contributed by atoms with Crippen LogP contribution in [-0.4, -0.2) is 22.6 Å². The first-order valence-corrected chi connectivity index (χ1v) is 8.88. The van der Waals surface area contributed by atoms with E-state index in [1.54, 1.807) is 0 Å². The van der Waals surface area contributed by atoms with Crippen LogP contribution in [0.5, 0.6) is 17.2 Å². The zero-order valence-electron chi connectivity index (χ0n) is 15.0. The molecule has 0 aliphatic carbocycles. The van der Waals surface area contributed by atoms with Crippen molar-refractivity contribution >= 4 is 34.8 Å². The first kappa shape index (κ1) is 22.4. The molecule has 162 valence electrons. The molecule has 1 amide bonds. The van der Waals surface area contributed by atoms with Gasteiger partial charge in [-0.15, -0.1) is 13.2 Å². The highest BCUT2D eigenvalue weighted by molar-refractivity contribution is 6.42. The Morgan fingerprint density at radius 2 is 1.81 bits per heavy atom. The number of halogens is 6. The summed E-state index contributed by atoms with van der Waals surface area (Å²) < 4.78 is 59.8. The number of aromatic nitrogens is 2. The summed E-state index contributed by atoms with van der Waals surface area (Å²) in [5.41, 5.74) is 0.0955. The molecular weight excluding hydrogens is 469 g/mol. The number of anilines is 1. The fraction of sp³-hybridized carbons (Fsp3) is 0.0556. The first-order chi connectivity index (χ1) is 14.5. The van der Waals surface area contributed by atoms with Crippen LogP contribution in [0.3, 0.4) is 0 Å². The number of rotatable bonds is 5. The van der Waals surface area contributed by atoms with Crippen molar-refractivity contribution in [2.45, 2.75) is 6.36 Å². The van der Waals surface area contributed by atoms with Gasteiger partial charge in [0.25, 0.3) is 12.1 Å². The van der Waals surface area contributed by atoms with Crippen LogP contribution in [0.15, 0.2) is 48.8 Å². The van der Waals surface area contributed by atoms with Gasteiger partial charge in [-0.05, 0) is 18.2 Å². The predicted octanol–water partition coefficient (Wildman–Crippen LogP) is 5.00. The van der Waals surface area contributed by atoms with Crippen molar-refractivity contribution in [3.05, 3.63) is 70.2 Å². The first-order valence-electron chi connectivity index (χ1n) is 8.12. The molecule has 0 fully saturated rings. The number of hydrogen-bond donors (Lipinski definition) is 2. The molecule has 1 aromatic heterocycles. The quantitative estimate of drug-likeness (QED) is 0.306. The molecule has 0 bridgehead atoms. The Balaban J connectivity index is 1.89. The monoisotopic (exact) mass is 478 g/mol. The van der Waals surface area contributed by atoms with E-state index in [9.17, 15) is 22.4 Å². The van der Waals surface area contributed by atoms with E-state index < -0.39 is 23.8 Å². The van der Waals surface area contributed by atoms with Gasteiger partial charge >= 0.3 is 6.36 Å². The lowest BCUT2D eigenvalue weighted by molar-refractivity contribution is -0.948. The Hall–Kier alpha value is -3.31. The molecule has 31 heavy (non-hydrogen) atoms. The summed E-state index contributed by atoms with van der Waals surface area (Å²) >= 11 is 11.9. The van der Waals surface area contributed by atoms with Crippen LogP contribution in [0, 0.1) is 5.82 Å². The second kappa shape index (κ2) is 8.82.